The van der Waals surface area contributed by atoms with Crippen molar-refractivity contribution in [1.82, 2.24) is 5.32 Å². The van der Waals surface area contributed by atoms with Gasteiger partial charge in [0.25, 0.3) is 0 Å². The summed E-state index contributed by atoms with van der Waals surface area (Å²) in [6.45, 7) is 5.05. The van der Waals surface area contributed by atoms with Crippen molar-refractivity contribution >= 4 is 0 Å². The molecule has 0 aromatic heterocycles. The van der Waals surface area contributed by atoms with E-state index in [0.717, 1.165) is 0 Å². The van der Waals surface area contributed by atoms with E-state index >= 15 is 0 Å². The Bertz CT molecular complexity index is 147. The first-order chi connectivity index (χ1) is 4.97. The fraction of sp³-hybridized carbons (Fsp3) is 1.00. The van der Waals surface area contributed by atoms with E-state index in [0.29, 0.717) is 19.6 Å². The predicted molar refractivity (Wildman–Crippen MR) is 43.5 cm³/mol. The van der Waals surface area contributed by atoms with Gasteiger partial charge in [-0.25, -0.2) is 0 Å². The Balaban J connectivity index is 2.51. The molecule has 1 aliphatic rings. The highest BCUT2D eigenvalue weighted by molar-refractivity contribution is 4.94. The van der Waals surface area contributed by atoms with Gasteiger partial charge in [-0.1, -0.05) is 0 Å². The van der Waals surface area contributed by atoms with Gasteiger partial charge in [-0.05, 0) is 20.9 Å². The van der Waals surface area contributed by atoms with Gasteiger partial charge < -0.3 is 15.2 Å². The molecule has 3 heteroatoms. The molecule has 1 fully saturated rings. The summed E-state index contributed by atoms with van der Waals surface area (Å²) >= 11 is 0. The van der Waals surface area contributed by atoms with Crippen molar-refractivity contribution in [2.45, 2.75) is 31.5 Å². The van der Waals surface area contributed by atoms with E-state index in [1.807, 2.05) is 20.9 Å². The molecule has 0 spiro atoms. The molecule has 2 N–H and O–H groups in total. The van der Waals surface area contributed by atoms with Crippen LogP contribution in [0.25, 0.3) is 0 Å². The molecular formula is C8H17NO2. The standard InChI is InChI=1S/C8H17NO2/c1-7(2)4-8(10,5-9-3)6-11-7/h9-10H,4-6H2,1-3H3. The molecule has 1 saturated heterocycles. The van der Waals surface area contributed by atoms with Crippen molar-refractivity contribution in [1.29, 1.82) is 0 Å². The maximum Gasteiger partial charge on any atom is 0.103 e. The highest BCUT2D eigenvalue weighted by Gasteiger charge is 2.42. The number of hydrogen-bond acceptors (Lipinski definition) is 3. The summed E-state index contributed by atoms with van der Waals surface area (Å²) in [5.41, 5.74) is -0.816. The molecule has 1 rings (SSSR count). The van der Waals surface area contributed by atoms with Crippen LogP contribution in [0.1, 0.15) is 20.3 Å². The van der Waals surface area contributed by atoms with Gasteiger partial charge in [0.2, 0.25) is 0 Å². The molecule has 0 saturated carbocycles. The molecule has 1 heterocycles. The van der Waals surface area contributed by atoms with Gasteiger partial charge in [-0.15, -0.1) is 0 Å². The predicted octanol–water partition coefficient (Wildman–Crippen LogP) is 0.136. The normalized spacial score (nSPS) is 36.0. The molecule has 0 bridgehead atoms. The zero-order valence-electron chi connectivity index (χ0n) is 7.48. The SMILES string of the molecule is CNCC1(O)COC(C)(C)C1. The summed E-state index contributed by atoms with van der Waals surface area (Å²) in [6.07, 6.45) is 0.709. The lowest BCUT2D eigenvalue weighted by atomic mass is 9.94. The summed E-state index contributed by atoms with van der Waals surface area (Å²) in [7, 11) is 1.84. The van der Waals surface area contributed by atoms with Crippen LogP contribution in [0.4, 0.5) is 0 Å². The van der Waals surface area contributed by atoms with Crippen LogP contribution >= 0.6 is 0 Å². The Morgan fingerprint density at radius 1 is 1.55 bits per heavy atom. The number of ether oxygens (including phenoxy) is 1. The maximum absolute atomic E-state index is 9.84. The van der Waals surface area contributed by atoms with Crippen molar-refractivity contribution in [3.63, 3.8) is 0 Å². The number of likely N-dealkylation sites (N-methyl/N-ethyl adjacent to an activating group) is 1. The third-order valence-corrected chi connectivity index (χ3v) is 1.99. The van der Waals surface area contributed by atoms with Crippen LogP contribution in [-0.4, -0.2) is 36.5 Å². The first-order valence-corrected chi connectivity index (χ1v) is 3.98. The second-order valence-electron chi connectivity index (χ2n) is 3.98. The molecular weight excluding hydrogens is 142 g/mol. The molecule has 1 atom stereocenters. The first-order valence-electron chi connectivity index (χ1n) is 3.98. The van der Waals surface area contributed by atoms with Gasteiger partial charge in [0.05, 0.1) is 12.2 Å². The van der Waals surface area contributed by atoms with Crippen LogP contribution in [0.5, 0.6) is 0 Å². The van der Waals surface area contributed by atoms with Gasteiger partial charge in [-0.2, -0.15) is 0 Å². The molecule has 0 aromatic carbocycles. The molecule has 0 aliphatic carbocycles. The Morgan fingerprint density at radius 3 is 2.55 bits per heavy atom. The second kappa shape index (κ2) is 2.73. The van der Waals surface area contributed by atoms with E-state index < -0.39 is 5.60 Å². The zero-order chi connectivity index (χ0) is 8.54. The molecule has 66 valence electrons. The van der Waals surface area contributed by atoms with Gasteiger partial charge in [0, 0.05) is 13.0 Å². The third kappa shape index (κ3) is 2.15. The summed E-state index contributed by atoms with van der Waals surface area (Å²) in [4.78, 5) is 0. The highest BCUT2D eigenvalue weighted by atomic mass is 16.5. The second-order valence-corrected chi connectivity index (χ2v) is 3.98. The summed E-state index contributed by atoms with van der Waals surface area (Å²) in [6, 6.07) is 0. The summed E-state index contributed by atoms with van der Waals surface area (Å²) < 4.78 is 5.42. The van der Waals surface area contributed by atoms with Crippen molar-refractivity contribution in [2.75, 3.05) is 20.2 Å². The van der Waals surface area contributed by atoms with E-state index in [4.69, 9.17) is 4.74 Å². The molecule has 3 nitrogen and oxygen atoms in total. The Morgan fingerprint density at radius 2 is 2.18 bits per heavy atom. The largest absolute Gasteiger partial charge is 0.386 e. The number of aliphatic hydroxyl groups is 1. The lowest BCUT2D eigenvalue weighted by molar-refractivity contribution is 0.00692. The van der Waals surface area contributed by atoms with Crippen molar-refractivity contribution < 1.29 is 9.84 Å². The van der Waals surface area contributed by atoms with Gasteiger partial charge in [0.1, 0.15) is 5.60 Å². The van der Waals surface area contributed by atoms with Gasteiger partial charge in [-0.3, -0.25) is 0 Å². The third-order valence-electron chi connectivity index (χ3n) is 1.99. The molecule has 1 aliphatic heterocycles. The molecule has 1 unspecified atom stereocenters. The summed E-state index contributed by atoms with van der Waals surface area (Å²) in [5.74, 6) is 0. The number of nitrogens with one attached hydrogen (secondary N) is 1. The van der Waals surface area contributed by atoms with E-state index in [2.05, 4.69) is 5.32 Å². The maximum atomic E-state index is 9.84. The fourth-order valence-corrected chi connectivity index (χ4v) is 1.67. The Hall–Kier alpha value is -0.120. The fourth-order valence-electron chi connectivity index (χ4n) is 1.67. The molecule has 0 aromatic rings. The van der Waals surface area contributed by atoms with Crippen molar-refractivity contribution in [3.05, 3.63) is 0 Å². The number of hydrogen-bond donors (Lipinski definition) is 2. The topological polar surface area (TPSA) is 41.5 Å². The van der Waals surface area contributed by atoms with Crippen LogP contribution in [0.2, 0.25) is 0 Å². The Labute approximate surface area is 67.7 Å². The quantitative estimate of drug-likeness (QED) is 0.602. The Kier molecular flexibility index (Phi) is 2.23. The van der Waals surface area contributed by atoms with Crippen LogP contribution in [0, 0.1) is 0 Å². The minimum Gasteiger partial charge on any atom is -0.386 e. The van der Waals surface area contributed by atoms with Gasteiger partial charge in [0.15, 0.2) is 0 Å². The zero-order valence-corrected chi connectivity index (χ0v) is 7.48. The minimum atomic E-state index is -0.655. The van der Waals surface area contributed by atoms with E-state index in [-0.39, 0.29) is 5.60 Å². The van der Waals surface area contributed by atoms with Crippen molar-refractivity contribution in [3.8, 4) is 0 Å². The van der Waals surface area contributed by atoms with Crippen molar-refractivity contribution in [2.24, 2.45) is 0 Å². The first kappa shape index (κ1) is 8.97. The van der Waals surface area contributed by atoms with Crippen LogP contribution in [0.3, 0.4) is 0 Å². The smallest absolute Gasteiger partial charge is 0.103 e. The van der Waals surface area contributed by atoms with Crippen LogP contribution in [-0.2, 0) is 4.74 Å². The monoisotopic (exact) mass is 159 g/mol. The van der Waals surface area contributed by atoms with Gasteiger partial charge >= 0.3 is 0 Å². The lowest BCUT2D eigenvalue weighted by Gasteiger charge is -2.21. The minimum absolute atomic E-state index is 0.161. The average Bonchev–Trinajstić information content (AvgIpc) is 2.07. The lowest BCUT2D eigenvalue weighted by Crippen LogP contribution is -2.40. The summed E-state index contributed by atoms with van der Waals surface area (Å²) in [5, 5.41) is 12.8. The van der Waals surface area contributed by atoms with Crippen LogP contribution in [0.15, 0.2) is 0 Å². The van der Waals surface area contributed by atoms with E-state index in [1.165, 1.54) is 0 Å². The molecule has 11 heavy (non-hydrogen) atoms. The van der Waals surface area contributed by atoms with Crippen LogP contribution < -0.4 is 5.32 Å². The molecule has 0 radical (unpaired) electrons. The van der Waals surface area contributed by atoms with E-state index in [9.17, 15) is 5.11 Å². The highest BCUT2D eigenvalue weighted by Crippen LogP contribution is 2.31. The average molecular weight is 159 g/mol. The van der Waals surface area contributed by atoms with E-state index in [1.54, 1.807) is 0 Å². The molecule has 0 amide bonds. The number of rotatable bonds is 2.